The highest BCUT2D eigenvalue weighted by atomic mass is 16.6. The molecule has 1 aromatic rings. The van der Waals surface area contributed by atoms with Crippen molar-refractivity contribution >= 4 is 5.97 Å². The molecule has 1 N–H and O–H groups in total. The first-order valence-corrected chi connectivity index (χ1v) is 12.2. The Labute approximate surface area is 180 Å². The molecule has 0 aromatic carbocycles. The van der Waals surface area contributed by atoms with E-state index in [0.717, 1.165) is 25.1 Å². The van der Waals surface area contributed by atoms with Gasteiger partial charge in [0.25, 0.3) is 0 Å². The van der Waals surface area contributed by atoms with Crippen LogP contribution in [0.25, 0.3) is 0 Å². The topological polar surface area (TPSA) is 51.5 Å². The van der Waals surface area contributed by atoms with Crippen molar-refractivity contribution in [3.63, 3.8) is 0 Å². The van der Waals surface area contributed by atoms with Gasteiger partial charge >= 0.3 is 5.97 Å². The third-order valence-electron chi connectivity index (χ3n) is 8.63. The molecule has 3 aliphatic carbocycles. The average molecular weight is 412 g/mol. The minimum absolute atomic E-state index is 0.0163. The van der Waals surface area contributed by atoms with Crippen molar-refractivity contribution in [3.05, 3.63) is 35.8 Å². The van der Waals surface area contributed by atoms with E-state index in [2.05, 4.69) is 31.3 Å². The Morgan fingerprint density at radius 3 is 2.90 bits per heavy atom. The number of carbonyl (C=O) groups is 1. The second-order valence-electron chi connectivity index (χ2n) is 10.7. The fraction of sp³-hybridized carbons (Fsp3) is 0.731. The summed E-state index contributed by atoms with van der Waals surface area (Å²) in [5.74, 6) is 2.54. The van der Waals surface area contributed by atoms with Crippen LogP contribution in [0.15, 0.2) is 34.5 Å². The Bertz CT molecular complexity index is 784. The van der Waals surface area contributed by atoms with E-state index in [1.54, 1.807) is 11.8 Å². The Hall–Kier alpha value is -1.55. The van der Waals surface area contributed by atoms with Crippen molar-refractivity contribution in [2.24, 2.45) is 29.1 Å². The lowest BCUT2D eigenvalue weighted by atomic mass is 9.59. The molecule has 1 aromatic heterocycles. The molecule has 4 nitrogen and oxygen atoms in total. The molecule has 2 saturated carbocycles. The van der Waals surface area contributed by atoms with Gasteiger partial charge in [0, 0.05) is 24.9 Å². The van der Waals surface area contributed by atoms with Crippen LogP contribution in [0.4, 0.5) is 0 Å². The van der Waals surface area contributed by atoms with E-state index < -0.39 is 0 Å². The van der Waals surface area contributed by atoms with Crippen molar-refractivity contribution in [1.29, 1.82) is 0 Å². The van der Waals surface area contributed by atoms with Crippen LogP contribution in [0.2, 0.25) is 0 Å². The van der Waals surface area contributed by atoms with E-state index in [-0.39, 0.29) is 29.3 Å². The normalized spacial score (nSPS) is 41.0. The number of furan rings is 1. The van der Waals surface area contributed by atoms with E-state index in [1.165, 1.54) is 44.9 Å². The van der Waals surface area contributed by atoms with E-state index in [1.807, 2.05) is 6.07 Å². The molecule has 7 atom stereocenters. The highest BCUT2D eigenvalue weighted by molar-refractivity contribution is 5.76. The monoisotopic (exact) mass is 411 g/mol. The SMILES string of the molecule is C[C@H]1CCC[C@]2(C)C[C@H]3OC(=O)C(CNC4CCCCC4Cc4ccco4)[C@H]3C=C12. The van der Waals surface area contributed by atoms with Gasteiger partial charge in [0.05, 0.1) is 12.2 Å². The molecular formula is C26H37NO3. The van der Waals surface area contributed by atoms with Gasteiger partial charge in [0.2, 0.25) is 0 Å². The predicted octanol–water partition coefficient (Wildman–Crippen LogP) is 5.28. The molecule has 0 spiro atoms. The number of esters is 1. The first-order chi connectivity index (χ1) is 14.5. The molecule has 3 fully saturated rings. The highest BCUT2D eigenvalue weighted by Gasteiger charge is 2.51. The van der Waals surface area contributed by atoms with Gasteiger partial charge in [-0.2, -0.15) is 0 Å². The molecule has 1 aliphatic heterocycles. The summed E-state index contributed by atoms with van der Waals surface area (Å²) in [6, 6.07) is 4.53. The van der Waals surface area contributed by atoms with Crippen molar-refractivity contribution in [2.45, 2.75) is 83.8 Å². The standard InChI is InChI=1S/C26H37NO3/c1-17-7-5-11-26(2)15-24-20(14-22(17)26)21(25(28)30-24)16-27-23-10-4-3-8-18(23)13-19-9-6-12-29-19/h6,9,12,14,17-18,20-21,23-24,27H,3-5,7-8,10-11,13,15-16H2,1-2H3/t17-,18?,20+,21?,23?,24+,26+/m0/s1. The zero-order valence-electron chi connectivity index (χ0n) is 18.6. The zero-order valence-corrected chi connectivity index (χ0v) is 18.6. The van der Waals surface area contributed by atoms with Crippen LogP contribution < -0.4 is 5.32 Å². The van der Waals surface area contributed by atoms with Crippen LogP contribution in [0.1, 0.15) is 71.0 Å². The van der Waals surface area contributed by atoms with Crippen LogP contribution in [-0.2, 0) is 16.0 Å². The molecule has 4 heteroatoms. The summed E-state index contributed by atoms with van der Waals surface area (Å²) in [4.78, 5) is 12.8. The molecule has 0 amide bonds. The molecule has 2 heterocycles. The maximum Gasteiger partial charge on any atom is 0.311 e. The molecule has 1 saturated heterocycles. The summed E-state index contributed by atoms with van der Waals surface area (Å²) in [5.41, 5.74) is 1.84. The molecule has 0 bridgehead atoms. The Balaban J connectivity index is 1.28. The molecule has 5 rings (SSSR count). The van der Waals surface area contributed by atoms with Crippen LogP contribution in [0, 0.1) is 29.1 Å². The molecule has 164 valence electrons. The van der Waals surface area contributed by atoms with E-state index >= 15 is 0 Å². The quantitative estimate of drug-likeness (QED) is 0.529. The van der Waals surface area contributed by atoms with Gasteiger partial charge in [-0.15, -0.1) is 0 Å². The van der Waals surface area contributed by atoms with Crippen LogP contribution in [0.5, 0.6) is 0 Å². The number of fused-ring (bicyclic) bond motifs is 2. The summed E-state index contributed by atoms with van der Waals surface area (Å²) >= 11 is 0. The maximum atomic E-state index is 12.8. The van der Waals surface area contributed by atoms with E-state index in [0.29, 0.717) is 17.9 Å². The second-order valence-corrected chi connectivity index (χ2v) is 10.7. The summed E-state index contributed by atoms with van der Waals surface area (Å²) in [7, 11) is 0. The van der Waals surface area contributed by atoms with Gasteiger partial charge < -0.3 is 14.5 Å². The third kappa shape index (κ3) is 3.77. The number of allylic oxidation sites excluding steroid dienone is 1. The summed E-state index contributed by atoms with van der Waals surface area (Å²) in [5, 5.41) is 3.81. The molecule has 4 aliphatic rings. The third-order valence-corrected chi connectivity index (χ3v) is 8.63. The minimum Gasteiger partial charge on any atom is -0.469 e. The van der Waals surface area contributed by atoms with Crippen molar-refractivity contribution in [3.8, 4) is 0 Å². The van der Waals surface area contributed by atoms with Crippen LogP contribution in [-0.4, -0.2) is 24.7 Å². The number of nitrogens with one attached hydrogen (secondary N) is 1. The Morgan fingerprint density at radius 1 is 1.20 bits per heavy atom. The predicted molar refractivity (Wildman–Crippen MR) is 117 cm³/mol. The summed E-state index contributed by atoms with van der Waals surface area (Å²) < 4.78 is 11.6. The smallest absolute Gasteiger partial charge is 0.311 e. The number of hydrogen-bond acceptors (Lipinski definition) is 4. The Morgan fingerprint density at radius 2 is 2.07 bits per heavy atom. The number of carbonyl (C=O) groups excluding carboxylic acids is 1. The molecule has 3 unspecified atom stereocenters. The first kappa shape index (κ1) is 20.4. The lowest BCUT2D eigenvalue weighted by molar-refractivity contribution is -0.145. The van der Waals surface area contributed by atoms with Gasteiger partial charge in [-0.25, -0.2) is 0 Å². The molecule has 0 radical (unpaired) electrons. The fourth-order valence-electron chi connectivity index (χ4n) is 6.97. The Kier molecular flexibility index (Phi) is 5.55. The lowest BCUT2D eigenvalue weighted by Gasteiger charge is -2.46. The maximum absolute atomic E-state index is 12.8. The number of rotatable bonds is 5. The lowest BCUT2D eigenvalue weighted by Crippen LogP contribution is -2.44. The zero-order chi connectivity index (χ0) is 20.7. The van der Waals surface area contributed by atoms with E-state index in [9.17, 15) is 4.79 Å². The van der Waals surface area contributed by atoms with Gasteiger partial charge in [-0.1, -0.05) is 44.8 Å². The highest BCUT2D eigenvalue weighted by Crippen LogP contribution is 2.53. The van der Waals surface area contributed by atoms with Crippen molar-refractivity contribution in [2.75, 3.05) is 6.54 Å². The van der Waals surface area contributed by atoms with E-state index in [4.69, 9.17) is 9.15 Å². The summed E-state index contributed by atoms with van der Waals surface area (Å²) in [6.45, 7) is 5.51. The fourth-order valence-corrected chi connectivity index (χ4v) is 6.97. The number of ether oxygens (including phenoxy) is 1. The first-order valence-electron chi connectivity index (χ1n) is 12.2. The van der Waals surface area contributed by atoms with Crippen molar-refractivity contribution in [1.82, 2.24) is 5.32 Å². The van der Waals surface area contributed by atoms with Gasteiger partial charge in [-0.3, -0.25) is 4.79 Å². The van der Waals surface area contributed by atoms with Gasteiger partial charge in [0.1, 0.15) is 11.9 Å². The molecule has 30 heavy (non-hydrogen) atoms. The van der Waals surface area contributed by atoms with Crippen LogP contribution >= 0.6 is 0 Å². The van der Waals surface area contributed by atoms with Gasteiger partial charge in [0.15, 0.2) is 0 Å². The van der Waals surface area contributed by atoms with Crippen LogP contribution in [0.3, 0.4) is 0 Å². The number of hydrogen-bond donors (Lipinski definition) is 1. The van der Waals surface area contributed by atoms with Gasteiger partial charge in [-0.05, 0) is 61.5 Å². The average Bonchev–Trinajstić information content (AvgIpc) is 3.33. The summed E-state index contributed by atoms with van der Waals surface area (Å²) in [6.07, 6.45) is 15.1. The molecular weight excluding hydrogens is 374 g/mol. The van der Waals surface area contributed by atoms with Crippen molar-refractivity contribution < 1.29 is 13.9 Å². The largest absolute Gasteiger partial charge is 0.469 e. The second kappa shape index (κ2) is 8.18. The minimum atomic E-state index is -0.0348.